The molecular formula is C13H9O3. The first-order chi connectivity index (χ1) is 7.70. The largest absolute Gasteiger partial charge is 0.507 e. The maximum Gasteiger partial charge on any atom is 0.181 e. The van der Waals surface area contributed by atoms with Crippen molar-refractivity contribution in [1.82, 2.24) is 0 Å². The topological polar surface area (TPSA) is 54.4 Å². The quantitative estimate of drug-likeness (QED) is 0.758. The average Bonchev–Trinajstić information content (AvgIpc) is 2.29. The molecule has 1 fully saturated rings. The van der Waals surface area contributed by atoms with Gasteiger partial charge in [0, 0.05) is 6.42 Å². The number of hydrogen-bond donors (Lipinski definition) is 1. The summed E-state index contributed by atoms with van der Waals surface area (Å²) in [6, 6.07) is 6.17. The zero-order valence-electron chi connectivity index (χ0n) is 8.38. The van der Waals surface area contributed by atoms with Crippen LogP contribution < -0.4 is 0 Å². The number of phenolic OH excluding ortho intramolecular Hbond substituents is 1. The van der Waals surface area contributed by atoms with E-state index in [2.05, 4.69) is 0 Å². The first-order valence-electron chi connectivity index (χ1n) is 4.79. The van der Waals surface area contributed by atoms with Gasteiger partial charge >= 0.3 is 0 Å². The first kappa shape index (κ1) is 10.9. The number of Topliss-reactive ketones (excluding diaryl/α,β-unsaturated/α-hetero) is 2. The van der Waals surface area contributed by atoms with Crippen LogP contribution >= 0.6 is 0 Å². The Balaban J connectivity index is 2.25. The summed E-state index contributed by atoms with van der Waals surface area (Å²) in [4.78, 5) is 23.4. The van der Waals surface area contributed by atoms with E-state index in [4.69, 9.17) is 0 Å². The van der Waals surface area contributed by atoms with Crippen LogP contribution in [0.4, 0.5) is 0 Å². The Kier molecular flexibility index (Phi) is 3.04. The molecule has 1 N–H and O–H groups in total. The predicted molar refractivity (Wildman–Crippen MR) is 57.9 cm³/mol. The maximum atomic E-state index is 11.9. The van der Waals surface area contributed by atoms with Gasteiger partial charge in [-0.15, -0.1) is 0 Å². The number of benzene rings is 1. The van der Waals surface area contributed by atoms with Gasteiger partial charge in [-0.1, -0.05) is 12.1 Å². The number of phenols is 1. The zero-order valence-corrected chi connectivity index (χ0v) is 8.38. The van der Waals surface area contributed by atoms with Crippen molar-refractivity contribution in [3.8, 4) is 5.75 Å². The summed E-state index contributed by atoms with van der Waals surface area (Å²) < 4.78 is 0. The van der Waals surface area contributed by atoms with Crippen LogP contribution in [0, 0.1) is 31.6 Å². The third-order valence-corrected chi connectivity index (χ3v) is 2.28. The van der Waals surface area contributed by atoms with Gasteiger partial charge in [0.1, 0.15) is 11.7 Å². The van der Waals surface area contributed by atoms with E-state index in [-0.39, 0.29) is 23.0 Å². The lowest BCUT2D eigenvalue weighted by Gasteiger charge is -2.17. The SMILES string of the molecule is O=C1[CH][CH][CH][CH][C]1C(=O)c1ccccc1O. The van der Waals surface area contributed by atoms with Crippen LogP contribution in [0.15, 0.2) is 24.3 Å². The molecule has 79 valence electrons. The molecule has 0 aliphatic heterocycles. The van der Waals surface area contributed by atoms with E-state index >= 15 is 0 Å². The number of ketones is 2. The standard InChI is InChI=1S/C13H9O3/c14-11-7-3-1-5-9(11)13(16)10-6-2-4-8-12(10)15/h1-8,14H. The number of carbonyl (C=O) groups excluding carboxylic acids is 2. The summed E-state index contributed by atoms with van der Waals surface area (Å²) in [5, 5.41) is 9.51. The molecule has 0 amide bonds. The molecule has 1 aliphatic carbocycles. The third-order valence-electron chi connectivity index (χ3n) is 2.28. The summed E-state index contributed by atoms with van der Waals surface area (Å²) in [5.74, 6) is -0.834. The van der Waals surface area contributed by atoms with Crippen molar-refractivity contribution in [2.75, 3.05) is 0 Å². The molecule has 1 aromatic carbocycles. The fourth-order valence-electron chi connectivity index (χ4n) is 1.46. The Bertz CT molecular complexity index is 423. The van der Waals surface area contributed by atoms with Gasteiger partial charge in [0.05, 0.1) is 5.56 Å². The highest BCUT2D eigenvalue weighted by molar-refractivity contribution is 6.28. The molecule has 0 saturated heterocycles. The lowest BCUT2D eigenvalue weighted by molar-refractivity contribution is -0.113. The van der Waals surface area contributed by atoms with Gasteiger partial charge < -0.3 is 5.11 Å². The van der Waals surface area contributed by atoms with Crippen LogP contribution in [0.5, 0.6) is 5.75 Å². The number of carbonyl (C=O) groups is 2. The number of para-hydroxylation sites is 1. The van der Waals surface area contributed by atoms with Crippen LogP contribution in [0.25, 0.3) is 0 Å². The maximum absolute atomic E-state index is 11.9. The minimum absolute atomic E-state index is 0.0731. The smallest absolute Gasteiger partial charge is 0.181 e. The van der Waals surface area contributed by atoms with E-state index in [1.807, 2.05) is 0 Å². The molecule has 1 saturated carbocycles. The van der Waals surface area contributed by atoms with Crippen molar-refractivity contribution >= 4 is 11.6 Å². The van der Waals surface area contributed by atoms with Crippen LogP contribution in [0.3, 0.4) is 0 Å². The highest BCUT2D eigenvalue weighted by Gasteiger charge is 2.32. The van der Waals surface area contributed by atoms with Gasteiger partial charge in [-0.2, -0.15) is 0 Å². The summed E-state index contributed by atoms with van der Waals surface area (Å²) in [5.41, 5.74) is 0.144. The van der Waals surface area contributed by atoms with E-state index in [1.165, 1.54) is 25.0 Å². The second-order valence-electron chi connectivity index (χ2n) is 3.34. The molecule has 0 unspecified atom stereocenters. The van der Waals surface area contributed by atoms with Crippen molar-refractivity contribution in [3.05, 3.63) is 61.4 Å². The van der Waals surface area contributed by atoms with Crippen molar-refractivity contribution in [2.24, 2.45) is 0 Å². The van der Waals surface area contributed by atoms with Crippen molar-refractivity contribution in [1.29, 1.82) is 0 Å². The van der Waals surface area contributed by atoms with E-state index in [9.17, 15) is 14.7 Å². The molecule has 0 spiro atoms. The Hall–Kier alpha value is -1.64. The molecule has 1 aliphatic rings. The average molecular weight is 213 g/mol. The van der Waals surface area contributed by atoms with Gasteiger partial charge in [0.2, 0.25) is 0 Å². The van der Waals surface area contributed by atoms with Gasteiger partial charge in [-0.25, -0.2) is 0 Å². The predicted octanol–water partition coefficient (Wildman–Crippen LogP) is 1.55. The lowest BCUT2D eigenvalue weighted by Crippen LogP contribution is -2.26. The highest BCUT2D eigenvalue weighted by Crippen LogP contribution is 2.27. The lowest BCUT2D eigenvalue weighted by atomic mass is 9.82. The minimum atomic E-state index is -0.455. The molecule has 5 radical (unpaired) electrons. The summed E-state index contributed by atoms with van der Waals surface area (Å²) in [6.07, 6.45) is 5.98. The normalized spacial score (nSPS) is 17.4. The number of aromatic hydroxyl groups is 1. The molecule has 0 atom stereocenters. The fourth-order valence-corrected chi connectivity index (χ4v) is 1.46. The van der Waals surface area contributed by atoms with Crippen molar-refractivity contribution in [3.63, 3.8) is 0 Å². The number of rotatable bonds is 2. The van der Waals surface area contributed by atoms with Gasteiger partial charge in [0.25, 0.3) is 0 Å². The van der Waals surface area contributed by atoms with Gasteiger partial charge in [0.15, 0.2) is 11.6 Å². The van der Waals surface area contributed by atoms with Crippen LogP contribution in [0.2, 0.25) is 0 Å². The molecule has 0 aromatic heterocycles. The fraction of sp³-hybridized carbons (Fsp3) is 0. The van der Waals surface area contributed by atoms with E-state index in [0.29, 0.717) is 0 Å². The van der Waals surface area contributed by atoms with E-state index in [0.717, 1.165) is 0 Å². The van der Waals surface area contributed by atoms with Crippen LogP contribution in [0.1, 0.15) is 10.4 Å². The van der Waals surface area contributed by atoms with E-state index in [1.54, 1.807) is 25.0 Å². The Morgan fingerprint density at radius 2 is 1.75 bits per heavy atom. The Morgan fingerprint density at radius 3 is 2.44 bits per heavy atom. The Morgan fingerprint density at radius 1 is 1.06 bits per heavy atom. The zero-order chi connectivity index (χ0) is 11.5. The van der Waals surface area contributed by atoms with Crippen LogP contribution in [-0.2, 0) is 4.79 Å². The van der Waals surface area contributed by atoms with E-state index < -0.39 is 5.78 Å². The second kappa shape index (κ2) is 4.47. The molecule has 2 rings (SSSR count). The molecule has 3 nitrogen and oxygen atoms in total. The molecule has 0 heterocycles. The third kappa shape index (κ3) is 1.98. The second-order valence-corrected chi connectivity index (χ2v) is 3.34. The molecule has 1 aromatic rings. The van der Waals surface area contributed by atoms with Crippen LogP contribution in [-0.4, -0.2) is 16.7 Å². The first-order valence-corrected chi connectivity index (χ1v) is 4.79. The van der Waals surface area contributed by atoms with Gasteiger partial charge in [-0.05, 0) is 31.4 Å². The minimum Gasteiger partial charge on any atom is -0.507 e. The van der Waals surface area contributed by atoms with Gasteiger partial charge in [-0.3, -0.25) is 9.59 Å². The molecule has 0 bridgehead atoms. The highest BCUT2D eigenvalue weighted by atomic mass is 16.3. The molecule has 16 heavy (non-hydrogen) atoms. The van der Waals surface area contributed by atoms with Crippen molar-refractivity contribution in [2.45, 2.75) is 0 Å². The summed E-state index contributed by atoms with van der Waals surface area (Å²) in [6.45, 7) is 0. The molecule has 3 heteroatoms. The Labute approximate surface area is 94.1 Å². The monoisotopic (exact) mass is 213 g/mol. The number of hydrogen-bond acceptors (Lipinski definition) is 3. The summed E-state index contributed by atoms with van der Waals surface area (Å²) in [7, 11) is 0. The summed E-state index contributed by atoms with van der Waals surface area (Å²) >= 11 is 0. The molecular weight excluding hydrogens is 204 g/mol. The van der Waals surface area contributed by atoms with Crippen molar-refractivity contribution < 1.29 is 14.7 Å².